The van der Waals surface area contributed by atoms with Crippen molar-refractivity contribution in [2.75, 3.05) is 31.1 Å². The Balaban J connectivity index is 1.20. The number of carbonyl (C=O) groups excluding carboxylic acids is 1. The predicted octanol–water partition coefficient (Wildman–Crippen LogP) is 3.92. The van der Waals surface area contributed by atoms with Crippen LogP contribution in [0.2, 0.25) is 0 Å². The van der Waals surface area contributed by atoms with Gasteiger partial charge in [-0.15, -0.1) is 0 Å². The minimum Gasteiger partial charge on any atom is -0.378 e. The number of carbonyl (C=O) groups is 1. The normalized spacial score (nSPS) is 21.4. The molecule has 2 aliphatic heterocycles. The van der Waals surface area contributed by atoms with Crippen molar-refractivity contribution in [1.82, 2.24) is 15.3 Å². The number of hydrogen-bond acceptors (Lipinski definition) is 5. The molecule has 0 radical (unpaired) electrons. The second kappa shape index (κ2) is 9.99. The lowest BCUT2D eigenvalue weighted by molar-refractivity contribution is -0.125. The monoisotopic (exact) mass is 434 g/mol. The molecule has 0 spiro atoms. The molecule has 1 amide bonds. The Morgan fingerprint density at radius 2 is 1.88 bits per heavy atom. The number of ether oxygens (including phenoxy) is 1. The number of aryl methyl sites for hydroxylation is 1. The largest absolute Gasteiger partial charge is 0.378 e. The number of nitrogens with one attached hydrogen (secondary N) is 1. The summed E-state index contributed by atoms with van der Waals surface area (Å²) in [5.74, 6) is 2.23. The molecule has 1 unspecified atom stereocenters. The molecule has 2 saturated heterocycles. The highest BCUT2D eigenvalue weighted by Crippen LogP contribution is 2.33. The summed E-state index contributed by atoms with van der Waals surface area (Å²) in [5, 5.41) is 3.16. The lowest BCUT2D eigenvalue weighted by Crippen LogP contribution is -2.42. The van der Waals surface area contributed by atoms with Crippen molar-refractivity contribution in [3.05, 3.63) is 41.6 Å². The predicted molar refractivity (Wildman–Crippen MR) is 126 cm³/mol. The molecule has 1 aliphatic carbocycles. The van der Waals surface area contributed by atoms with E-state index in [1.54, 1.807) is 0 Å². The summed E-state index contributed by atoms with van der Waals surface area (Å²) in [6.07, 6.45) is 9.80. The van der Waals surface area contributed by atoms with E-state index in [1.165, 1.54) is 24.1 Å². The highest BCUT2D eigenvalue weighted by molar-refractivity contribution is 5.79. The van der Waals surface area contributed by atoms with E-state index in [-0.39, 0.29) is 11.8 Å². The molecule has 0 bridgehead atoms. The van der Waals surface area contributed by atoms with Crippen LogP contribution in [0, 0.1) is 5.92 Å². The van der Waals surface area contributed by atoms with Gasteiger partial charge in [-0.05, 0) is 57.8 Å². The maximum atomic E-state index is 12.7. The average Bonchev–Trinajstić information content (AvgIpc) is 3.34. The molecule has 170 valence electrons. The Morgan fingerprint density at radius 3 is 2.66 bits per heavy atom. The van der Waals surface area contributed by atoms with E-state index >= 15 is 0 Å². The van der Waals surface area contributed by atoms with Gasteiger partial charge >= 0.3 is 0 Å². The van der Waals surface area contributed by atoms with Gasteiger partial charge in [0.25, 0.3) is 0 Å². The summed E-state index contributed by atoms with van der Waals surface area (Å²) in [7, 11) is 0. The van der Waals surface area contributed by atoms with Gasteiger partial charge in [-0.3, -0.25) is 4.79 Å². The summed E-state index contributed by atoms with van der Waals surface area (Å²) in [5.41, 5.74) is 3.60. The summed E-state index contributed by atoms with van der Waals surface area (Å²) in [6, 6.07) is 10.3. The van der Waals surface area contributed by atoms with Crippen LogP contribution in [-0.4, -0.2) is 48.2 Å². The van der Waals surface area contributed by atoms with Crippen molar-refractivity contribution in [3.8, 4) is 11.4 Å². The van der Waals surface area contributed by atoms with Gasteiger partial charge in [0.2, 0.25) is 5.91 Å². The van der Waals surface area contributed by atoms with E-state index in [4.69, 9.17) is 14.7 Å². The Morgan fingerprint density at radius 1 is 1.03 bits per heavy atom. The first-order valence-corrected chi connectivity index (χ1v) is 12.4. The van der Waals surface area contributed by atoms with Crippen molar-refractivity contribution in [2.24, 2.45) is 5.92 Å². The molecule has 3 aliphatic rings. The maximum Gasteiger partial charge on any atom is 0.223 e. The summed E-state index contributed by atoms with van der Waals surface area (Å²) >= 11 is 0. The fourth-order valence-electron chi connectivity index (χ4n) is 5.28. The smallest absolute Gasteiger partial charge is 0.223 e. The van der Waals surface area contributed by atoms with Gasteiger partial charge in [-0.25, -0.2) is 9.97 Å². The summed E-state index contributed by atoms with van der Waals surface area (Å²) in [4.78, 5) is 25.0. The second-order valence-electron chi connectivity index (χ2n) is 9.35. The Labute approximate surface area is 190 Å². The molecular formula is C26H34N4O2. The third-order valence-electron chi connectivity index (χ3n) is 7.15. The number of hydrogen-bond donors (Lipinski definition) is 1. The van der Waals surface area contributed by atoms with Gasteiger partial charge in [-0.1, -0.05) is 30.3 Å². The van der Waals surface area contributed by atoms with E-state index in [1.807, 2.05) is 18.2 Å². The number of rotatable bonds is 6. The number of nitrogens with zero attached hydrogens (tertiary/aromatic N) is 3. The summed E-state index contributed by atoms with van der Waals surface area (Å²) in [6.45, 7) is 3.35. The van der Waals surface area contributed by atoms with Crippen LogP contribution in [0.15, 0.2) is 30.3 Å². The lowest BCUT2D eigenvalue weighted by atomic mass is 9.95. The van der Waals surface area contributed by atoms with Gasteiger partial charge < -0.3 is 15.0 Å². The van der Waals surface area contributed by atoms with Crippen molar-refractivity contribution in [2.45, 2.75) is 63.9 Å². The standard InChI is InChI=1S/C26H34N4O2/c31-26(27-15-12-21-9-4-5-18-32-21)20-13-16-30(17-14-20)25-22-10-6-11-23(22)28-24(29-25)19-7-2-1-3-8-19/h1-3,7-8,20-21H,4-6,9-18H2,(H,27,31). The molecule has 2 fully saturated rings. The van der Waals surface area contributed by atoms with Gasteiger partial charge in [-0.2, -0.15) is 0 Å². The zero-order valence-electron chi connectivity index (χ0n) is 18.9. The van der Waals surface area contributed by atoms with Crippen molar-refractivity contribution < 1.29 is 9.53 Å². The molecule has 6 heteroatoms. The minimum absolute atomic E-state index is 0.0991. The second-order valence-corrected chi connectivity index (χ2v) is 9.35. The van der Waals surface area contributed by atoms with Crippen LogP contribution in [0.1, 0.15) is 56.2 Å². The molecule has 32 heavy (non-hydrogen) atoms. The van der Waals surface area contributed by atoms with Gasteiger partial charge in [0, 0.05) is 49.0 Å². The van der Waals surface area contributed by atoms with Crippen molar-refractivity contribution >= 4 is 11.7 Å². The van der Waals surface area contributed by atoms with E-state index < -0.39 is 0 Å². The van der Waals surface area contributed by atoms with Gasteiger partial charge in [0.05, 0.1) is 6.10 Å². The fraction of sp³-hybridized carbons (Fsp3) is 0.577. The highest BCUT2D eigenvalue weighted by Gasteiger charge is 2.29. The molecule has 3 heterocycles. The zero-order valence-corrected chi connectivity index (χ0v) is 18.9. The lowest BCUT2D eigenvalue weighted by Gasteiger charge is -2.33. The van der Waals surface area contributed by atoms with Crippen LogP contribution >= 0.6 is 0 Å². The van der Waals surface area contributed by atoms with Crippen LogP contribution in [0.3, 0.4) is 0 Å². The van der Waals surface area contributed by atoms with Crippen LogP contribution in [0.5, 0.6) is 0 Å². The number of fused-ring (bicyclic) bond motifs is 1. The molecule has 2 aromatic rings. The molecular weight excluding hydrogens is 400 g/mol. The number of anilines is 1. The molecule has 1 aromatic carbocycles. The molecule has 0 saturated carbocycles. The van der Waals surface area contributed by atoms with Crippen molar-refractivity contribution in [3.63, 3.8) is 0 Å². The number of aromatic nitrogens is 2. The van der Waals surface area contributed by atoms with Gasteiger partial charge in [0.15, 0.2) is 5.82 Å². The molecule has 1 atom stereocenters. The summed E-state index contributed by atoms with van der Waals surface area (Å²) < 4.78 is 5.78. The minimum atomic E-state index is 0.0991. The third-order valence-corrected chi connectivity index (χ3v) is 7.15. The Kier molecular flexibility index (Phi) is 6.67. The SMILES string of the molecule is O=C(NCCC1CCCCO1)C1CCN(c2nc(-c3ccccc3)nc3c2CCC3)CC1. The van der Waals surface area contributed by atoms with Crippen LogP contribution in [0.4, 0.5) is 5.82 Å². The zero-order chi connectivity index (χ0) is 21.8. The first kappa shape index (κ1) is 21.4. The first-order valence-electron chi connectivity index (χ1n) is 12.4. The molecule has 6 nitrogen and oxygen atoms in total. The molecule has 5 rings (SSSR count). The molecule has 1 aromatic heterocycles. The maximum absolute atomic E-state index is 12.7. The van der Waals surface area contributed by atoms with Crippen molar-refractivity contribution in [1.29, 1.82) is 0 Å². The fourth-order valence-corrected chi connectivity index (χ4v) is 5.28. The number of benzene rings is 1. The van der Waals surface area contributed by atoms with E-state index in [9.17, 15) is 4.79 Å². The van der Waals surface area contributed by atoms with Gasteiger partial charge in [0.1, 0.15) is 5.82 Å². The van der Waals surface area contributed by atoms with Crippen LogP contribution in [0.25, 0.3) is 11.4 Å². The average molecular weight is 435 g/mol. The first-order chi connectivity index (χ1) is 15.8. The van der Waals surface area contributed by atoms with Crippen LogP contribution in [-0.2, 0) is 22.4 Å². The number of amides is 1. The molecule has 1 N–H and O–H groups in total. The third kappa shape index (κ3) is 4.80. The van der Waals surface area contributed by atoms with E-state index in [0.717, 1.165) is 88.4 Å². The Hall–Kier alpha value is -2.47. The van der Waals surface area contributed by atoms with Crippen LogP contribution < -0.4 is 10.2 Å². The Bertz CT molecular complexity index is 919. The number of piperidine rings is 1. The van der Waals surface area contributed by atoms with E-state index in [0.29, 0.717) is 6.10 Å². The van der Waals surface area contributed by atoms with E-state index in [2.05, 4.69) is 22.3 Å². The topological polar surface area (TPSA) is 67.3 Å². The highest BCUT2D eigenvalue weighted by atomic mass is 16.5. The quantitative estimate of drug-likeness (QED) is 0.746.